The first-order valence-corrected chi connectivity index (χ1v) is 13.2. The Morgan fingerprint density at radius 1 is 1.20 bits per heavy atom. The number of amides is 2. The summed E-state index contributed by atoms with van der Waals surface area (Å²) in [5.41, 5.74) is 1.24. The zero-order valence-corrected chi connectivity index (χ0v) is 23.0. The monoisotopic (exact) mass is 559 g/mol. The number of aliphatic hydroxyl groups excluding tert-OH is 1. The molecular formula is C31H30FN3O6. The molecule has 0 radical (unpaired) electrons. The van der Waals surface area contributed by atoms with Gasteiger partial charge in [0.2, 0.25) is 12.7 Å². The van der Waals surface area contributed by atoms with Gasteiger partial charge in [0.15, 0.2) is 11.5 Å². The molecule has 9 nitrogen and oxygen atoms in total. The third-order valence-electron chi connectivity index (χ3n) is 7.16. The van der Waals surface area contributed by atoms with Gasteiger partial charge in [-0.3, -0.25) is 9.59 Å². The molecule has 1 aromatic heterocycles. The summed E-state index contributed by atoms with van der Waals surface area (Å²) >= 11 is 0. The number of benzene rings is 2. The van der Waals surface area contributed by atoms with E-state index < -0.39 is 18.0 Å². The fourth-order valence-electron chi connectivity index (χ4n) is 4.69. The van der Waals surface area contributed by atoms with Gasteiger partial charge in [0.1, 0.15) is 17.5 Å². The molecular weight excluding hydrogens is 529 g/mol. The van der Waals surface area contributed by atoms with Crippen molar-refractivity contribution < 1.29 is 33.3 Å². The van der Waals surface area contributed by atoms with E-state index in [1.807, 2.05) is 6.92 Å². The van der Waals surface area contributed by atoms with Gasteiger partial charge in [-0.25, -0.2) is 9.37 Å². The number of pyridine rings is 1. The van der Waals surface area contributed by atoms with Gasteiger partial charge in [-0.1, -0.05) is 30.9 Å². The Hall–Kier alpha value is -4.62. The van der Waals surface area contributed by atoms with Gasteiger partial charge in [-0.15, -0.1) is 0 Å². The molecule has 10 heteroatoms. The van der Waals surface area contributed by atoms with E-state index in [4.69, 9.17) is 14.2 Å². The number of halogens is 1. The molecule has 3 atom stereocenters. The Morgan fingerprint density at radius 3 is 2.76 bits per heavy atom. The van der Waals surface area contributed by atoms with Crippen LogP contribution in [0.4, 0.5) is 4.39 Å². The second kappa shape index (κ2) is 11.9. The van der Waals surface area contributed by atoms with Crippen LogP contribution in [0.5, 0.6) is 17.4 Å². The van der Waals surface area contributed by atoms with Crippen LogP contribution in [0.25, 0.3) is 0 Å². The lowest BCUT2D eigenvalue weighted by atomic mass is 9.99. The van der Waals surface area contributed by atoms with Crippen molar-refractivity contribution >= 4 is 11.8 Å². The van der Waals surface area contributed by atoms with Crippen LogP contribution >= 0.6 is 0 Å². The average Bonchev–Trinajstić information content (AvgIpc) is 3.46. The van der Waals surface area contributed by atoms with Crippen molar-refractivity contribution in [2.75, 3.05) is 33.5 Å². The quantitative estimate of drug-likeness (QED) is 0.479. The molecule has 41 heavy (non-hydrogen) atoms. The third kappa shape index (κ3) is 5.95. The van der Waals surface area contributed by atoms with Crippen LogP contribution in [0, 0.1) is 23.6 Å². The van der Waals surface area contributed by atoms with Gasteiger partial charge < -0.3 is 29.1 Å². The lowest BCUT2D eigenvalue weighted by Crippen LogP contribution is -2.50. The van der Waals surface area contributed by atoms with Gasteiger partial charge >= 0.3 is 0 Å². The average molecular weight is 560 g/mol. The largest absolute Gasteiger partial charge is 0.472 e. The smallest absolute Gasteiger partial charge is 0.259 e. The highest BCUT2D eigenvalue weighted by Crippen LogP contribution is 2.33. The number of hydrogen-bond donors (Lipinski definition) is 1. The second-order valence-corrected chi connectivity index (χ2v) is 10.2. The molecule has 0 unspecified atom stereocenters. The van der Waals surface area contributed by atoms with E-state index in [1.165, 1.54) is 12.3 Å². The normalized spacial score (nSPS) is 18.3. The number of carbonyl (C=O) groups excluding carboxylic acids is 2. The second-order valence-electron chi connectivity index (χ2n) is 10.2. The van der Waals surface area contributed by atoms with E-state index >= 15 is 0 Å². The van der Waals surface area contributed by atoms with Crippen molar-refractivity contribution in [3.05, 3.63) is 82.8 Å². The highest BCUT2D eigenvalue weighted by Gasteiger charge is 2.35. The fourth-order valence-corrected chi connectivity index (χ4v) is 4.69. The summed E-state index contributed by atoms with van der Waals surface area (Å²) in [6.45, 7) is 4.05. The van der Waals surface area contributed by atoms with E-state index in [0.29, 0.717) is 22.6 Å². The molecule has 0 fully saturated rings. The first-order valence-electron chi connectivity index (χ1n) is 13.2. The summed E-state index contributed by atoms with van der Waals surface area (Å²) in [6, 6.07) is 12.3. The molecule has 2 aliphatic rings. The van der Waals surface area contributed by atoms with Crippen molar-refractivity contribution in [2.45, 2.75) is 26.0 Å². The van der Waals surface area contributed by atoms with E-state index in [0.717, 1.165) is 0 Å². The Balaban J connectivity index is 1.43. The van der Waals surface area contributed by atoms with Gasteiger partial charge in [-0.05, 0) is 43.3 Å². The number of aromatic nitrogens is 1. The lowest BCUT2D eigenvalue weighted by Gasteiger charge is -2.37. The molecule has 2 amide bonds. The van der Waals surface area contributed by atoms with Crippen LogP contribution in [-0.2, 0) is 0 Å². The van der Waals surface area contributed by atoms with Crippen LogP contribution in [-0.4, -0.2) is 77.4 Å². The van der Waals surface area contributed by atoms with Crippen LogP contribution < -0.4 is 14.2 Å². The molecule has 1 N–H and O–H groups in total. The number of aliphatic hydroxyl groups is 1. The molecule has 212 valence electrons. The zero-order chi connectivity index (χ0) is 29.1. The van der Waals surface area contributed by atoms with Crippen molar-refractivity contribution in [3.63, 3.8) is 0 Å². The summed E-state index contributed by atoms with van der Waals surface area (Å²) < 4.78 is 31.1. The first-order chi connectivity index (χ1) is 19.7. The summed E-state index contributed by atoms with van der Waals surface area (Å²) in [7, 11) is 1.68. The number of rotatable bonds is 5. The predicted molar refractivity (Wildman–Crippen MR) is 147 cm³/mol. The van der Waals surface area contributed by atoms with Crippen LogP contribution in [0.3, 0.4) is 0 Å². The summed E-state index contributed by atoms with van der Waals surface area (Å²) in [5, 5.41) is 9.90. The molecule has 2 aliphatic heterocycles. The minimum absolute atomic E-state index is 0.0991. The number of ether oxygens (including phenoxy) is 3. The maximum absolute atomic E-state index is 14.1. The summed E-state index contributed by atoms with van der Waals surface area (Å²) in [4.78, 5) is 34.4. The lowest BCUT2D eigenvalue weighted by molar-refractivity contribution is 0.0313. The van der Waals surface area contributed by atoms with Crippen molar-refractivity contribution in [2.24, 2.45) is 5.92 Å². The van der Waals surface area contributed by atoms with E-state index in [2.05, 4.69) is 16.8 Å². The number of hydrogen-bond acceptors (Lipinski definition) is 7. The Morgan fingerprint density at radius 2 is 1.98 bits per heavy atom. The summed E-state index contributed by atoms with van der Waals surface area (Å²) in [6.07, 6.45) is 0.936. The molecule has 2 aromatic carbocycles. The van der Waals surface area contributed by atoms with Gasteiger partial charge in [0, 0.05) is 36.8 Å². The van der Waals surface area contributed by atoms with Gasteiger partial charge in [0.05, 0.1) is 24.8 Å². The van der Waals surface area contributed by atoms with Crippen LogP contribution in [0.15, 0.2) is 54.7 Å². The maximum Gasteiger partial charge on any atom is 0.259 e. The topological polar surface area (TPSA) is 101 Å². The van der Waals surface area contributed by atoms with Crippen LogP contribution in [0.2, 0.25) is 0 Å². The fraction of sp³-hybridized carbons (Fsp3) is 0.323. The SMILES string of the molecule is C[C@H](CO)N1C[C@H](C)[C@@H](CN(C)C(=O)c2ccc3c(c2)OCO3)Oc2ncc(C#Cc3ccccc3F)cc2C1=O. The van der Waals surface area contributed by atoms with Crippen molar-refractivity contribution in [3.8, 4) is 29.2 Å². The standard InChI is InChI=1S/C31H30FN3O6/c1-19-15-35(20(2)17-36)31(38)24-12-21(8-9-22-6-4-5-7-25(22)32)14-33-29(24)41-28(19)16-34(3)30(37)23-10-11-26-27(13-23)40-18-39-26/h4-7,10-14,19-20,28,36H,15-18H2,1-3H3/t19-,20+,28+/m0/s1. The first kappa shape index (κ1) is 27.9. The molecule has 0 saturated carbocycles. The molecule has 5 rings (SSSR count). The number of nitrogens with zero attached hydrogens (tertiary/aromatic N) is 3. The molecule has 0 aliphatic carbocycles. The van der Waals surface area contributed by atoms with E-state index in [9.17, 15) is 19.1 Å². The Labute approximate surface area is 237 Å². The van der Waals surface area contributed by atoms with Crippen molar-refractivity contribution in [1.82, 2.24) is 14.8 Å². The number of carbonyl (C=O) groups is 2. The molecule has 0 saturated heterocycles. The minimum atomic E-state index is -0.527. The van der Waals surface area contributed by atoms with E-state index in [-0.39, 0.29) is 61.2 Å². The maximum atomic E-state index is 14.1. The summed E-state index contributed by atoms with van der Waals surface area (Å²) in [5.74, 6) is 5.59. The number of fused-ring (bicyclic) bond motifs is 2. The molecule has 3 heterocycles. The molecule has 3 aromatic rings. The molecule has 0 spiro atoms. The third-order valence-corrected chi connectivity index (χ3v) is 7.16. The predicted octanol–water partition coefficient (Wildman–Crippen LogP) is 3.34. The highest BCUT2D eigenvalue weighted by atomic mass is 19.1. The Kier molecular flexibility index (Phi) is 8.08. The zero-order valence-electron chi connectivity index (χ0n) is 23.0. The minimum Gasteiger partial charge on any atom is -0.472 e. The number of likely N-dealkylation sites (N-methyl/N-ethyl adjacent to an activating group) is 1. The van der Waals surface area contributed by atoms with Gasteiger partial charge in [0.25, 0.3) is 11.8 Å². The van der Waals surface area contributed by atoms with E-state index in [1.54, 1.807) is 66.2 Å². The van der Waals surface area contributed by atoms with Crippen molar-refractivity contribution in [1.29, 1.82) is 0 Å². The molecule has 0 bridgehead atoms. The van der Waals surface area contributed by atoms with Gasteiger partial charge in [-0.2, -0.15) is 0 Å². The Bertz CT molecular complexity index is 1530. The van der Waals surface area contributed by atoms with Crippen LogP contribution in [0.1, 0.15) is 45.7 Å². The highest BCUT2D eigenvalue weighted by molar-refractivity contribution is 5.97.